The molecule has 2 aromatic rings. The number of nitrogens with zero attached hydrogens (tertiary/aromatic N) is 1. The topological polar surface area (TPSA) is 76.1 Å². The highest BCUT2D eigenvalue weighted by molar-refractivity contribution is 7.92. The average molecular weight is 348 g/mol. The monoisotopic (exact) mass is 348 g/mol. The van der Waals surface area contributed by atoms with Crippen LogP contribution >= 0.6 is 11.3 Å². The first-order valence-corrected chi connectivity index (χ1v) is 9.80. The van der Waals surface area contributed by atoms with Crippen LogP contribution in [0.25, 0.3) is 0 Å². The van der Waals surface area contributed by atoms with E-state index in [1.165, 1.54) is 17.3 Å². The molecule has 2 aliphatic carbocycles. The van der Waals surface area contributed by atoms with Crippen LogP contribution in [0, 0.1) is 12.8 Å². The van der Waals surface area contributed by atoms with Gasteiger partial charge in [-0.3, -0.25) is 4.79 Å². The van der Waals surface area contributed by atoms with E-state index in [9.17, 15) is 13.2 Å². The predicted molar refractivity (Wildman–Crippen MR) is 86.7 cm³/mol. The Bertz CT molecular complexity index is 904. The maximum Gasteiger partial charge on any atom is 0.275 e. The molecule has 1 saturated carbocycles. The van der Waals surface area contributed by atoms with Crippen molar-refractivity contribution in [2.24, 2.45) is 5.92 Å². The maximum atomic E-state index is 12.5. The number of thiazole rings is 1. The van der Waals surface area contributed by atoms with Gasteiger partial charge in [0.15, 0.2) is 4.21 Å². The van der Waals surface area contributed by atoms with Crippen LogP contribution in [0.1, 0.15) is 29.0 Å². The number of fused-ring (bicyclic) bond motifs is 2. The van der Waals surface area contributed by atoms with Crippen molar-refractivity contribution in [3.8, 4) is 0 Å². The second-order valence-electron chi connectivity index (χ2n) is 6.24. The van der Waals surface area contributed by atoms with Gasteiger partial charge in [-0.15, -0.1) is 11.3 Å². The van der Waals surface area contributed by atoms with Crippen LogP contribution in [0.2, 0.25) is 0 Å². The Hall–Kier alpha value is -1.73. The van der Waals surface area contributed by atoms with Gasteiger partial charge in [0.2, 0.25) is 5.91 Å². The summed E-state index contributed by atoms with van der Waals surface area (Å²) < 4.78 is 26.9. The minimum atomic E-state index is -3.81. The van der Waals surface area contributed by atoms with Gasteiger partial charge in [0, 0.05) is 11.3 Å². The number of carbonyl (C=O) groups is 1. The Balaban J connectivity index is 1.54. The van der Waals surface area contributed by atoms with Crippen molar-refractivity contribution in [1.82, 2.24) is 9.71 Å². The summed E-state index contributed by atoms with van der Waals surface area (Å²) in [7, 11) is -3.81. The summed E-state index contributed by atoms with van der Waals surface area (Å²) in [6.45, 7) is 1.73. The molecule has 1 fully saturated rings. The van der Waals surface area contributed by atoms with Gasteiger partial charge >= 0.3 is 0 Å². The van der Waals surface area contributed by atoms with Gasteiger partial charge in [0.1, 0.15) is 0 Å². The standard InChI is InChI=1S/C16H16N2O3S2/c1-10-17-9-14(22-10)23(20,21)18-15(19)13-8-16(13)7-6-11-4-2-3-5-12(11)16/h2-5,9,13H,6-8H2,1H3,(H,18,19)/t13-,16-/m0/s1. The summed E-state index contributed by atoms with van der Waals surface area (Å²) in [5.41, 5.74) is 2.34. The summed E-state index contributed by atoms with van der Waals surface area (Å²) in [6, 6.07) is 8.15. The molecule has 23 heavy (non-hydrogen) atoms. The Morgan fingerprint density at radius 2 is 2.17 bits per heavy atom. The van der Waals surface area contributed by atoms with Crippen molar-refractivity contribution >= 4 is 27.3 Å². The number of sulfonamides is 1. The maximum absolute atomic E-state index is 12.5. The van der Waals surface area contributed by atoms with Crippen molar-refractivity contribution in [3.63, 3.8) is 0 Å². The summed E-state index contributed by atoms with van der Waals surface area (Å²) in [6.07, 6.45) is 3.90. The minimum Gasteiger partial charge on any atom is -0.274 e. The Morgan fingerprint density at radius 3 is 2.91 bits per heavy atom. The lowest BCUT2D eigenvalue weighted by molar-refractivity contribution is -0.121. The number of aryl methyl sites for hydroxylation is 2. The molecule has 7 heteroatoms. The lowest BCUT2D eigenvalue weighted by atomic mass is 9.95. The number of amides is 1. The lowest BCUT2D eigenvalue weighted by Gasteiger charge is -2.11. The van der Waals surface area contributed by atoms with E-state index in [-0.39, 0.29) is 15.5 Å². The summed E-state index contributed by atoms with van der Waals surface area (Å²) in [5, 5.41) is 0.658. The van der Waals surface area contributed by atoms with E-state index in [1.807, 2.05) is 12.1 Å². The van der Waals surface area contributed by atoms with Gasteiger partial charge in [-0.25, -0.2) is 18.1 Å². The number of benzene rings is 1. The van der Waals surface area contributed by atoms with Crippen LogP contribution in [0.15, 0.2) is 34.7 Å². The molecule has 1 spiro atoms. The van der Waals surface area contributed by atoms with Gasteiger partial charge in [0.05, 0.1) is 11.2 Å². The van der Waals surface area contributed by atoms with Crippen molar-refractivity contribution in [3.05, 3.63) is 46.6 Å². The summed E-state index contributed by atoms with van der Waals surface area (Å²) in [4.78, 5) is 16.4. The first-order valence-electron chi connectivity index (χ1n) is 7.50. The van der Waals surface area contributed by atoms with E-state index < -0.39 is 15.9 Å². The molecule has 1 N–H and O–H groups in total. The fourth-order valence-corrected chi connectivity index (χ4v) is 5.79. The number of aromatic nitrogens is 1. The van der Waals surface area contributed by atoms with Crippen molar-refractivity contribution in [1.29, 1.82) is 0 Å². The second kappa shape index (κ2) is 4.88. The third-order valence-corrected chi connectivity index (χ3v) is 7.61. The molecule has 4 rings (SSSR count). The molecular formula is C16H16N2O3S2. The van der Waals surface area contributed by atoms with E-state index >= 15 is 0 Å². The number of carbonyl (C=O) groups excluding carboxylic acids is 1. The molecule has 1 amide bonds. The van der Waals surface area contributed by atoms with Crippen LogP contribution in [-0.4, -0.2) is 19.3 Å². The van der Waals surface area contributed by atoms with Gasteiger partial charge in [-0.1, -0.05) is 24.3 Å². The van der Waals surface area contributed by atoms with Gasteiger partial charge < -0.3 is 0 Å². The summed E-state index contributed by atoms with van der Waals surface area (Å²) in [5.74, 6) is -0.650. The Labute approximate surface area is 138 Å². The van der Waals surface area contributed by atoms with Gasteiger partial charge in [-0.2, -0.15) is 0 Å². The van der Waals surface area contributed by atoms with E-state index in [1.54, 1.807) is 6.92 Å². The molecule has 0 aliphatic heterocycles. The molecule has 2 aliphatic rings. The van der Waals surface area contributed by atoms with Crippen LogP contribution in [0.5, 0.6) is 0 Å². The highest BCUT2D eigenvalue weighted by Crippen LogP contribution is 2.61. The fraction of sp³-hybridized carbons (Fsp3) is 0.375. The van der Waals surface area contributed by atoms with Crippen molar-refractivity contribution < 1.29 is 13.2 Å². The van der Waals surface area contributed by atoms with Crippen LogP contribution in [0.3, 0.4) is 0 Å². The van der Waals surface area contributed by atoms with Crippen LogP contribution in [0.4, 0.5) is 0 Å². The molecule has 5 nitrogen and oxygen atoms in total. The molecule has 0 bridgehead atoms. The smallest absolute Gasteiger partial charge is 0.274 e. The third kappa shape index (κ3) is 2.30. The highest BCUT2D eigenvalue weighted by atomic mass is 32.2. The van der Waals surface area contributed by atoms with E-state index in [2.05, 4.69) is 21.8 Å². The first kappa shape index (κ1) is 14.8. The third-order valence-electron chi connectivity index (χ3n) is 4.89. The fourth-order valence-electron chi connectivity index (χ4n) is 3.66. The molecular weight excluding hydrogens is 332 g/mol. The van der Waals surface area contributed by atoms with E-state index in [4.69, 9.17) is 0 Å². The minimum absolute atomic E-state index is 0.0878. The molecule has 0 saturated heterocycles. The van der Waals surface area contributed by atoms with Gasteiger partial charge in [0.25, 0.3) is 10.0 Å². The van der Waals surface area contributed by atoms with Gasteiger partial charge in [-0.05, 0) is 37.3 Å². The largest absolute Gasteiger partial charge is 0.275 e. The number of rotatable bonds is 3. The first-order chi connectivity index (χ1) is 10.9. The summed E-state index contributed by atoms with van der Waals surface area (Å²) >= 11 is 1.07. The normalized spacial score (nSPS) is 25.3. The predicted octanol–water partition coefficient (Wildman–Crippen LogP) is 2.16. The Morgan fingerprint density at radius 1 is 1.39 bits per heavy atom. The zero-order valence-electron chi connectivity index (χ0n) is 12.6. The molecule has 1 aromatic carbocycles. The highest BCUT2D eigenvalue weighted by Gasteiger charge is 2.61. The molecule has 1 aromatic heterocycles. The molecule has 120 valence electrons. The second-order valence-corrected chi connectivity index (χ2v) is 9.38. The van der Waals surface area contributed by atoms with E-state index in [0.717, 1.165) is 30.6 Å². The number of hydrogen-bond donors (Lipinski definition) is 1. The van der Waals surface area contributed by atoms with Crippen LogP contribution in [-0.2, 0) is 26.7 Å². The molecule has 2 atom stereocenters. The lowest BCUT2D eigenvalue weighted by Crippen LogP contribution is -2.33. The number of hydrogen-bond acceptors (Lipinski definition) is 5. The van der Waals surface area contributed by atoms with E-state index in [0.29, 0.717) is 5.01 Å². The Kier molecular flexibility index (Phi) is 3.15. The zero-order valence-corrected chi connectivity index (χ0v) is 14.2. The molecule has 1 heterocycles. The average Bonchev–Trinajstić information content (AvgIpc) is 2.87. The van der Waals surface area contributed by atoms with Crippen molar-refractivity contribution in [2.45, 2.75) is 35.8 Å². The van der Waals surface area contributed by atoms with Crippen molar-refractivity contribution in [2.75, 3.05) is 0 Å². The SMILES string of the molecule is Cc1ncc(S(=O)(=O)NC(=O)[C@@H]2C[C@]23CCc2ccccc23)s1. The molecule has 0 unspecified atom stereocenters. The quantitative estimate of drug-likeness (QED) is 0.922. The number of nitrogens with one attached hydrogen (secondary N) is 1. The zero-order chi connectivity index (χ0) is 16.2. The molecule has 0 radical (unpaired) electrons. The van der Waals surface area contributed by atoms with Crippen LogP contribution < -0.4 is 4.72 Å².